The predicted octanol–water partition coefficient (Wildman–Crippen LogP) is 3.16. The number of nitrogens with one attached hydrogen (secondary N) is 1. The zero-order valence-corrected chi connectivity index (χ0v) is 14.3. The van der Waals surface area contributed by atoms with Crippen LogP contribution in [0.2, 0.25) is 0 Å². The molecule has 0 bridgehead atoms. The van der Waals surface area contributed by atoms with Crippen LogP contribution in [0.4, 0.5) is 5.13 Å². The van der Waals surface area contributed by atoms with Gasteiger partial charge in [-0.25, -0.2) is 9.97 Å². The van der Waals surface area contributed by atoms with E-state index in [9.17, 15) is 4.79 Å². The molecule has 2 aromatic heterocycles. The fourth-order valence-electron chi connectivity index (χ4n) is 2.74. The molecule has 5 nitrogen and oxygen atoms in total. The minimum absolute atomic E-state index is 0.0523. The molecule has 0 spiro atoms. The van der Waals surface area contributed by atoms with Crippen molar-refractivity contribution in [2.75, 3.05) is 11.9 Å². The van der Waals surface area contributed by atoms with Crippen LogP contribution < -0.4 is 5.32 Å². The molecule has 0 unspecified atom stereocenters. The second-order valence-corrected chi connectivity index (χ2v) is 7.27. The third-order valence-corrected chi connectivity index (χ3v) is 5.40. The molecular formula is C15H20N4OS2. The Morgan fingerprint density at radius 2 is 2.41 bits per heavy atom. The molecule has 1 aliphatic rings. The molecule has 2 aromatic rings. The van der Waals surface area contributed by atoms with Gasteiger partial charge < -0.3 is 5.32 Å². The number of aryl methyl sites for hydroxylation is 1. The van der Waals surface area contributed by atoms with Crippen LogP contribution in [0, 0.1) is 0 Å². The molecule has 3 heterocycles. The first-order chi connectivity index (χ1) is 10.8. The van der Waals surface area contributed by atoms with E-state index in [4.69, 9.17) is 0 Å². The van der Waals surface area contributed by atoms with Gasteiger partial charge in [0.05, 0.1) is 16.7 Å². The lowest BCUT2D eigenvalue weighted by molar-refractivity contribution is -0.120. The SMILES string of the molecule is CCCc1nc(CN2CCC[C@@H]2C(=O)Nc2nccs2)cs1. The van der Waals surface area contributed by atoms with Crippen molar-refractivity contribution in [3.05, 3.63) is 27.7 Å². The highest BCUT2D eigenvalue weighted by Gasteiger charge is 2.31. The highest BCUT2D eigenvalue weighted by atomic mass is 32.1. The standard InChI is InChI=1S/C15H20N4OS2/c1-2-4-13-17-11(10-22-13)9-19-7-3-5-12(19)14(20)18-15-16-6-8-21-15/h6,8,10,12H,2-5,7,9H2,1H3,(H,16,18,20)/t12-/m1/s1. The summed E-state index contributed by atoms with van der Waals surface area (Å²) in [5.74, 6) is 0.0523. The van der Waals surface area contributed by atoms with Crippen molar-refractivity contribution >= 4 is 33.7 Å². The zero-order chi connectivity index (χ0) is 15.4. The van der Waals surface area contributed by atoms with Crippen molar-refractivity contribution in [3.63, 3.8) is 0 Å². The van der Waals surface area contributed by atoms with Gasteiger partial charge in [0.1, 0.15) is 0 Å². The third kappa shape index (κ3) is 3.71. The number of thiazole rings is 2. The number of nitrogens with zero attached hydrogens (tertiary/aromatic N) is 3. The van der Waals surface area contributed by atoms with Gasteiger partial charge in [0.25, 0.3) is 0 Å². The van der Waals surface area contributed by atoms with Gasteiger partial charge in [-0.05, 0) is 32.2 Å². The molecule has 0 aromatic carbocycles. The fourth-order valence-corrected chi connectivity index (χ4v) is 4.17. The number of likely N-dealkylation sites (tertiary alicyclic amines) is 1. The number of anilines is 1. The fraction of sp³-hybridized carbons (Fsp3) is 0.533. The Hall–Kier alpha value is -1.31. The van der Waals surface area contributed by atoms with Gasteiger partial charge in [-0.2, -0.15) is 0 Å². The predicted molar refractivity (Wildman–Crippen MR) is 90.3 cm³/mol. The number of carbonyl (C=O) groups excluding carboxylic acids is 1. The van der Waals surface area contributed by atoms with E-state index in [0.29, 0.717) is 5.13 Å². The van der Waals surface area contributed by atoms with Crippen molar-refractivity contribution in [3.8, 4) is 0 Å². The first kappa shape index (κ1) is 15.6. The molecule has 7 heteroatoms. The topological polar surface area (TPSA) is 58.1 Å². The molecule has 0 aliphatic carbocycles. The first-order valence-corrected chi connectivity index (χ1v) is 9.40. The number of hydrogen-bond donors (Lipinski definition) is 1. The van der Waals surface area contributed by atoms with E-state index >= 15 is 0 Å². The van der Waals surface area contributed by atoms with Gasteiger partial charge >= 0.3 is 0 Å². The Kier molecular flexibility index (Phi) is 5.17. The monoisotopic (exact) mass is 336 g/mol. The summed E-state index contributed by atoms with van der Waals surface area (Å²) >= 11 is 3.18. The first-order valence-electron chi connectivity index (χ1n) is 7.64. The second-order valence-electron chi connectivity index (χ2n) is 5.44. The maximum Gasteiger partial charge on any atom is 0.243 e. The van der Waals surface area contributed by atoms with E-state index < -0.39 is 0 Å². The maximum absolute atomic E-state index is 12.4. The lowest BCUT2D eigenvalue weighted by Crippen LogP contribution is -2.39. The maximum atomic E-state index is 12.4. The molecule has 1 atom stereocenters. The van der Waals surface area contributed by atoms with Crippen LogP contribution in [-0.2, 0) is 17.8 Å². The van der Waals surface area contributed by atoms with Crippen LogP contribution in [0.25, 0.3) is 0 Å². The highest BCUT2D eigenvalue weighted by Crippen LogP contribution is 2.23. The van der Waals surface area contributed by atoms with Gasteiger partial charge in [0.2, 0.25) is 5.91 Å². The third-order valence-electron chi connectivity index (χ3n) is 3.76. The molecule has 1 aliphatic heterocycles. The number of amides is 1. The largest absolute Gasteiger partial charge is 0.301 e. The Labute approximate surface area is 138 Å². The van der Waals surface area contributed by atoms with Crippen LogP contribution in [-0.4, -0.2) is 33.4 Å². The summed E-state index contributed by atoms with van der Waals surface area (Å²) in [7, 11) is 0. The van der Waals surface area contributed by atoms with Crippen LogP contribution in [0.3, 0.4) is 0 Å². The smallest absolute Gasteiger partial charge is 0.243 e. The average Bonchev–Trinajstić information content (AvgIpc) is 3.22. The minimum Gasteiger partial charge on any atom is -0.301 e. The van der Waals surface area contributed by atoms with Crippen molar-refractivity contribution in [2.24, 2.45) is 0 Å². The Morgan fingerprint density at radius 1 is 1.50 bits per heavy atom. The van der Waals surface area contributed by atoms with E-state index in [1.54, 1.807) is 17.5 Å². The Bertz CT molecular complexity index is 611. The lowest BCUT2D eigenvalue weighted by atomic mass is 10.2. The van der Waals surface area contributed by atoms with Crippen molar-refractivity contribution in [1.82, 2.24) is 14.9 Å². The van der Waals surface area contributed by atoms with Gasteiger partial charge in [0.15, 0.2) is 5.13 Å². The lowest BCUT2D eigenvalue weighted by Gasteiger charge is -2.22. The number of rotatable bonds is 6. The van der Waals surface area contributed by atoms with Crippen molar-refractivity contribution in [2.45, 2.75) is 45.2 Å². The summed E-state index contributed by atoms with van der Waals surface area (Å²) in [5.41, 5.74) is 1.09. The molecule has 3 rings (SSSR count). The quantitative estimate of drug-likeness (QED) is 0.880. The van der Waals surface area contributed by atoms with Crippen LogP contribution in [0.5, 0.6) is 0 Å². The second kappa shape index (κ2) is 7.30. The summed E-state index contributed by atoms with van der Waals surface area (Å²) in [4.78, 5) is 23.4. The molecule has 1 N–H and O–H groups in total. The number of hydrogen-bond acceptors (Lipinski definition) is 6. The molecule has 1 fully saturated rings. The van der Waals surface area contributed by atoms with E-state index in [2.05, 4.69) is 32.5 Å². The van der Waals surface area contributed by atoms with E-state index in [-0.39, 0.29) is 11.9 Å². The summed E-state index contributed by atoms with van der Waals surface area (Å²) in [6.45, 7) is 3.88. The zero-order valence-electron chi connectivity index (χ0n) is 12.6. The van der Waals surface area contributed by atoms with Crippen molar-refractivity contribution in [1.29, 1.82) is 0 Å². The van der Waals surface area contributed by atoms with Gasteiger partial charge in [-0.15, -0.1) is 22.7 Å². The summed E-state index contributed by atoms with van der Waals surface area (Å²) in [5, 5.41) is 8.78. The van der Waals surface area contributed by atoms with E-state index in [0.717, 1.165) is 44.5 Å². The molecular weight excluding hydrogens is 316 g/mol. The van der Waals surface area contributed by atoms with Crippen LogP contribution in [0.15, 0.2) is 17.0 Å². The minimum atomic E-state index is -0.0692. The molecule has 0 saturated carbocycles. The highest BCUT2D eigenvalue weighted by molar-refractivity contribution is 7.13. The van der Waals surface area contributed by atoms with Crippen molar-refractivity contribution < 1.29 is 4.79 Å². The summed E-state index contributed by atoms with van der Waals surface area (Å²) in [6.07, 6.45) is 5.83. The number of aromatic nitrogens is 2. The Balaban J connectivity index is 1.61. The Morgan fingerprint density at radius 3 is 3.18 bits per heavy atom. The molecule has 118 valence electrons. The summed E-state index contributed by atoms with van der Waals surface area (Å²) in [6, 6.07) is -0.0692. The van der Waals surface area contributed by atoms with Gasteiger partial charge in [-0.3, -0.25) is 9.69 Å². The summed E-state index contributed by atoms with van der Waals surface area (Å²) < 4.78 is 0. The van der Waals surface area contributed by atoms with Gasteiger partial charge in [0, 0.05) is 23.5 Å². The van der Waals surface area contributed by atoms with Gasteiger partial charge in [-0.1, -0.05) is 6.92 Å². The normalized spacial score (nSPS) is 18.7. The molecule has 22 heavy (non-hydrogen) atoms. The number of carbonyl (C=O) groups is 1. The molecule has 1 amide bonds. The van der Waals surface area contributed by atoms with Crippen LogP contribution in [0.1, 0.15) is 36.9 Å². The van der Waals surface area contributed by atoms with Crippen LogP contribution >= 0.6 is 22.7 Å². The molecule has 0 radical (unpaired) electrons. The molecule has 1 saturated heterocycles. The van der Waals surface area contributed by atoms with E-state index in [1.807, 2.05) is 5.38 Å². The average molecular weight is 336 g/mol. The van der Waals surface area contributed by atoms with E-state index in [1.165, 1.54) is 16.3 Å².